The lowest BCUT2D eigenvalue weighted by Crippen LogP contribution is -2.10. The first kappa shape index (κ1) is 15.7. The molecule has 8 heteroatoms. The molecule has 0 aromatic heterocycles. The van der Waals surface area contributed by atoms with Crippen LogP contribution in [0.3, 0.4) is 0 Å². The van der Waals surface area contributed by atoms with Gasteiger partial charge in [-0.05, 0) is 36.4 Å². The van der Waals surface area contributed by atoms with Gasteiger partial charge < -0.3 is 4.18 Å². The van der Waals surface area contributed by atoms with Crippen LogP contribution in [0.1, 0.15) is 0 Å². The molecule has 0 spiro atoms. The molecule has 3 nitrogen and oxygen atoms in total. The predicted molar refractivity (Wildman–Crippen MR) is 80.7 cm³/mol. The van der Waals surface area contributed by atoms with Gasteiger partial charge in [0.1, 0.15) is 4.90 Å². The van der Waals surface area contributed by atoms with Gasteiger partial charge >= 0.3 is 10.1 Å². The minimum absolute atomic E-state index is 0.000476. The molecule has 0 saturated carbocycles. The van der Waals surface area contributed by atoms with E-state index in [2.05, 4.69) is 0 Å². The van der Waals surface area contributed by atoms with E-state index in [1.807, 2.05) is 0 Å². The smallest absolute Gasteiger partial charge is 0.340 e. The largest absolute Gasteiger partial charge is 0.377 e. The third kappa shape index (κ3) is 3.51. The lowest BCUT2D eigenvalue weighted by Gasteiger charge is -2.10. The first-order valence-corrected chi connectivity index (χ1v) is 8.06. The van der Waals surface area contributed by atoms with Crippen LogP contribution >= 0.6 is 46.4 Å². The van der Waals surface area contributed by atoms with Crippen molar-refractivity contribution in [3.63, 3.8) is 0 Å². The van der Waals surface area contributed by atoms with Crippen LogP contribution in [0.4, 0.5) is 0 Å². The predicted octanol–water partition coefficient (Wildman–Crippen LogP) is 5.07. The lowest BCUT2D eigenvalue weighted by molar-refractivity contribution is 0.486. The van der Waals surface area contributed by atoms with Gasteiger partial charge in [-0.2, -0.15) is 8.42 Å². The molecule has 0 aliphatic carbocycles. The van der Waals surface area contributed by atoms with E-state index in [9.17, 15) is 8.42 Å². The summed E-state index contributed by atoms with van der Waals surface area (Å²) in [5.74, 6) is -0.0490. The Kier molecular flexibility index (Phi) is 4.72. The molecule has 0 heterocycles. The second-order valence-electron chi connectivity index (χ2n) is 3.69. The Labute approximate surface area is 136 Å². The van der Waals surface area contributed by atoms with Gasteiger partial charge in [-0.15, -0.1) is 0 Å². The topological polar surface area (TPSA) is 43.4 Å². The molecule has 0 aliphatic rings. The highest BCUT2D eigenvalue weighted by molar-refractivity contribution is 7.87. The van der Waals surface area contributed by atoms with Crippen molar-refractivity contribution < 1.29 is 12.6 Å². The minimum atomic E-state index is -4.15. The number of hydrogen-bond donors (Lipinski definition) is 0. The van der Waals surface area contributed by atoms with Crippen LogP contribution in [-0.4, -0.2) is 8.42 Å². The zero-order valence-electron chi connectivity index (χ0n) is 9.61. The molecule has 106 valence electrons. The molecule has 0 saturated heterocycles. The van der Waals surface area contributed by atoms with Crippen molar-refractivity contribution in [2.24, 2.45) is 0 Å². The quantitative estimate of drug-likeness (QED) is 0.707. The highest BCUT2D eigenvalue weighted by Gasteiger charge is 2.22. The summed E-state index contributed by atoms with van der Waals surface area (Å²) in [6.45, 7) is 0. The van der Waals surface area contributed by atoms with Crippen LogP contribution in [-0.2, 0) is 10.1 Å². The van der Waals surface area contributed by atoms with Crippen molar-refractivity contribution >= 4 is 56.5 Å². The van der Waals surface area contributed by atoms with Crippen LogP contribution in [0.25, 0.3) is 0 Å². The summed E-state index contributed by atoms with van der Waals surface area (Å²) in [6.07, 6.45) is 0. The fourth-order valence-corrected chi connectivity index (χ4v) is 3.55. The van der Waals surface area contributed by atoms with E-state index in [0.29, 0.717) is 5.02 Å². The summed E-state index contributed by atoms with van der Waals surface area (Å²) >= 11 is 23.2. The summed E-state index contributed by atoms with van der Waals surface area (Å²) < 4.78 is 29.3. The SMILES string of the molecule is O=S(=O)(Oc1ccc(Cl)cc1Cl)c1cc(Cl)ccc1Cl. The molecule has 0 atom stereocenters. The molecule has 0 bridgehead atoms. The van der Waals surface area contributed by atoms with E-state index in [1.165, 1.54) is 36.4 Å². The molecule has 0 unspecified atom stereocenters. The van der Waals surface area contributed by atoms with Gasteiger partial charge in [0.25, 0.3) is 0 Å². The monoisotopic (exact) mass is 370 g/mol. The minimum Gasteiger partial charge on any atom is -0.377 e. The van der Waals surface area contributed by atoms with E-state index in [1.54, 1.807) is 0 Å². The summed E-state index contributed by atoms with van der Waals surface area (Å²) in [6, 6.07) is 8.21. The zero-order chi connectivity index (χ0) is 14.9. The standard InChI is InChI=1S/C12H6Cl4O3S/c13-7-2-4-11(10(16)5-7)19-20(17,18)12-6-8(14)1-3-9(12)15/h1-6H. The third-order valence-electron chi connectivity index (χ3n) is 2.26. The van der Waals surface area contributed by atoms with Crippen LogP contribution < -0.4 is 4.18 Å². The molecule has 2 rings (SSSR count). The van der Waals surface area contributed by atoms with Gasteiger partial charge in [0.05, 0.1) is 10.0 Å². The molecule has 0 amide bonds. The van der Waals surface area contributed by atoms with Crippen molar-refractivity contribution in [1.82, 2.24) is 0 Å². The Hall–Kier alpha value is -0.650. The zero-order valence-corrected chi connectivity index (χ0v) is 13.4. The second kappa shape index (κ2) is 6.00. The molecule has 0 aliphatic heterocycles. The Morgan fingerprint density at radius 3 is 2.05 bits per heavy atom. The van der Waals surface area contributed by atoms with Crippen molar-refractivity contribution in [3.8, 4) is 5.75 Å². The van der Waals surface area contributed by atoms with Crippen LogP contribution in [0, 0.1) is 0 Å². The molecule has 2 aromatic carbocycles. The average Bonchev–Trinajstić information content (AvgIpc) is 2.35. The Morgan fingerprint density at radius 2 is 1.40 bits per heavy atom. The molecule has 0 fully saturated rings. The van der Waals surface area contributed by atoms with E-state index in [-0.39, 0.29) is 25.7 Å². The Bertz CT molecular complexity index is 759. The van der Waals surface area contributed by atoms with Gasteiger partial charge in [0.2, 0.25) is 0 Å². The van der Waals surface area contributed by atoms with Crippen molar-refractivity contribution in [2.45, 2.75) is 4.90 Å². The van der Waals surface area contributed by atoms with Gasteiger partial charge in [0, 0.05) is 10.0 Å². The molecule has 2 aromatic rings. The molecule has 20 heavy (non-hydrogen) atoms. The fraction of sp³-hybridized carbons (Fsp3) is 0. The first-order chi connectivity index (χ1) is 9.29. The van der Waals surface area contributed by atoms with Gasteiger partial charge in [0.15, 0.2) is 5.75 Å². The van der Waals surface area contributed by atoms with Crippen molar-refractivity contribution in [2.75, 3.05) is 0 Å². The Balaban J connectivity index is 2.43. The summed E-state index contributed by atoms with van der Waals surface area (Å²) in [5, 5.41) is 0.651. The maximum atomic E-state index is 12.2. The van der Waals surface area contributed by atoms with Gasteiger partial charge in [-0.25, -0.2) is 0 Å². The second-order valence-corrected chi connectivity index (χ2v) is 6.89. The van der Waals surface area contributed by atoms with E-state index < -0.39 is 10.1 Å². The lowest BCUT2D eigenvalue weighted by atomic mass is 10.3. The van der Waals surface area contributed by atoms with Gasteiger partial charge in [-0.3, -0.25) is 0 Å². The summed E-state index contributed by atoms with van der Waals surface area (Å²) in [5.41, 5.74) is 0. The maximum absolute atomic E-state index is 12.2. The molecule has 0 N–H and O–H groups in total. The fourth-order valence-electron chi connectivity index (χ4n) is 1.37. The third-order valence-corrected chi connectivity index (χ3v) is 4.74. The number of halogens is 4. The van der Waals surface area contributed by atoms with E-state index in [4.69, 9.17) is 50.6 Å². The first-order valence-electron chi connectivity index (χ1n) is 5.14. The van der Waals surface area contributed by atoms with E-state index in [0.717, 1.165) is 0 Å². The molecule has 0 radical (unpaired) electrons. The highest BCUT2D eigenvalue weighted by atomic mass is 35.5. The number of hydrogen-bond acceptors (Lipinski definition) is 3. The maximum Gasteiger partial charge on any atom is 0.340 e. The highest BCUT2D eigenvalue weighted by Crippen LogP contribution is 2.32. The molecular formula is C12H6Cl4O3S. The van der Waals surface area contributed by atoms with Crippen LogP contribution in [0.2, 0.25) is 20.1 Å². The van der Waals surface area contributed by atoms with Crippen LogP contribution in [0.5, 0.6) is 5.75 Å². The van der Waals surface area contributed by atoms with Crippen molar-refractivity contribution in [1.29, 1.82) is 0 Å². The normalized spacial score (nSPS) is 11.4. The number of rotatable bonds is 3. The molecular weight excluding hydrogens is 366 g/mol. The Morgan fingerprint density at radius 1 is 0.800 bits per heavy atom. The van der Waals surface area contributed by atoms with Crippen LogP contribution in [0.15, 0.2) is 41.3 Å². The van der Waals surface area contributed by atoms with Gasteiger partial charge in [-0.1, -0.05) is 46.4 Å². The summed E-state index contributed by atoms with van der Waals surface area (Å²) in [4.78, 5) is -0.238. The van der Waals surface area contributed by atoms with E-state index >= 15 is 0 Å². The average molecular weight is 372 g/mol. The number of benzene rings is 2. The summed E-state index contributed by atoms with van der Waals surface area (Å²) in [7, 11) is -4.15. The van der Waals surface area contributed by atoms with Crippen molar-refractivity contribution in [3.05, 3.63) is 56.5 Å².